The number of nitriles is 1. The zero-order valence-electron chi connectivity index (χ0n) is 16.2. The number of ether oxygens (including phenoxy) is 2. The molecule has 0 unspecified atom stereocenters. The maximum absolute atomic E-state index is 9.88. The zero-order valence-corrected chi connectivity index (χ0v) is 16.2. The van der Waals surface area contributed by atoms with E-state index in [1.807, 2.05) is 54.6 Å². The van der Waals surface area contributed by atoms with Gasteiger partial charge in [-0.15, -0.1) is 5.10 Å². The van der Waals surface area contributed by atoms with Gasteiger partial charge in [-0.25, -0.2) is 0 Å². The summed E-state index contributed by atoms with van der Waals surface area (Å²) in [5.41, 5.74) is 9.85. The highest BCUT2D eigenvalue weighted by Crippen LogP contribution is 2.47. The van der Waals surface area contributed by atoms with E-state index in [2.05, 4.69) is 23.2 Å². The molecule has 6 nitrogen and oxygen atoms in total. The Labute approximate surface area is 169 Å². The highest BCUT2D eigenvalue weighted by atomic mass is 16.5. The Hall–Kier alpha value is -3.72. The number of rotatable bonds is 6. The highest BCUT2D eigenvalue weighted by molar-refractivity contribution is 5.71. The number of unbranched alkanes of at least 4 members (excludes halogenated alkanes) is 1. The molecule has 6 heteroatoms. The van der Waals surface area contributed by atoms with Crippen LogP contribution in [0.1, 0.15) is 36.8 Å². The second-order valence-electron chi connectivity index (χ2n) is 6.85. The first-order valence-corrected chi connectivity index (χ1v) is 9.67. The fourth-order valence-corrected chi connectivity index (χ4v) is 3.56. The summed E-state index contributed by atoms with van der Waals surface area (Å²) >= 11 is 0. The number of fused-ring (bicyclic) bond motifs is 1. The monoisotopic (exact) mass is 386 g/mol. The molecule has 3 N–H and O–H groups in total. The van der Waals surface area contributed by atoms with Crippen LogP contribution in [0.15, 0.2) is 66.1 Å². The molecule has 2 aromatic carbocycles. The lowest BCUT2D eigenvalue weighted by molar-refractivity contribution is 0.305. The molecule has 3 aromatic rings. The first kappa shape index (κ1) is 18.6. The maximum Gasteiger partial charge on any atom is 0.244 e. The minimum Gasteiger partial charge on any atom is -0.493 e. The largest absolute Gasteiger partial charge is 0.493 e. The number of aromatic amines is 1. The molecule has 29 heavy (non-hydrogen) atoms. The van der Waals surface area contributed by atoms with E-state index < -0.39 is 5.92 Å². The third-order valence-electron chi connectivity index (χ3n) is 4.99. The van der Waals surface area contributed by atoms with Crippen LogP contribution in [0.2, 0.25) is 0 Å². The average Bonchev–Trinajstić information content (AvgIpc) is 3.17. The Bertz CT molecular complexity index is 1080. The minimum absolute atomic E-state index is 0.0690. The van der Waals surface area contributed by atoms with Gasteiger partial charge in [0.05, 0.1) is 23.8 Å². The SMILES string of the molecule is CCCCOc1ccccc1[C@@H]1C(C#N)=C(N)Oc2n[nH]c(-c3ccccc3)c21. The van der Waals surface area contributed by atoms with Crippen molar-refractivity contribution in [3.8, 4) is 29.0 Å². The van der Waals surface area contributed by atoms with Gasteiger partial charge in [0, 0.05) is 5.56 Å². The zero-order chi connectivity index (χ0) is 20.2. The lowest BCUT2D eigenvalue weighted by atomic mass is 9.82. The van der Waals surface area contributed by atoms with Crippen molar-refractivity contribution in [1.82, 2.24) is 10.2 Å². The molecule has 0 saturated heterocycles. The van der Waals surface area contributed by atoms with E-state index in [0.717, 1.165) is 41.0 Å². The Balaban J connectivity index is 1.88. The second-order valence-corrected chi connectivity index (χ2v) is 6.85. The van der Waals surface area contributed by atoms with E-state index in [1.54, 1.807) is 0 Å². The fourth-order valence-electron chi connectivity index (χ4n) is 3.56. The van der Waals surface area contributed by atoms with E-state index in [1.165, 1.54) is 0 Å². The van der Waals surface area contributed by atoms with Gasteiger partial charge in [-0.1, -0.05) is 61.9 Å². The Morgan fingerprint density at radius 3 is 2.69 bits per heavy atom. The maximum atomic E-state index is 9.88. The number of nitrogens with zero attached hydrogens (tertiary/aromatic N) is 2. The van der Waals surface area contributed by atoms with Crippen LogP contribution >= 0.6 is 0 Å². The summed E-state index contributed by atoms with van der Waals surface area (Å²) in [5.74, 6) is 0.753. The summed E-state index contributed by atoms with van der Waals surface area (Å²) in [6, 6.07) is 19.8. The number of allylic oxidation sites excluding steroid dienone is 1. The molecule has 0 spiro atoms. The van der Waals surface area contributed by atoms with Gasteiger partial charge in [-0.2, -0.15) is 5.26 Å². The minimum atomic E-state index is -0.435. The molecule has 2 heterocycles. The molecular formula is C23H22N4O2. The first-order valence-electron chi connectivity index (χ1n) is 9.67. The Morgan fingerprint density at radius 1 is 1.17 bits per heavy atom. The highest BCUT2D eigenvalue weighted by Gasteiger charge is 2.37. The number of nitrogens with one attached hydrogen (secondary N) is 1. The number of nitrogens with two attached hydrogens (primary N) is 1. The topological polar surface area (TPSA) is 96.9 Å². The number of H-pyrrole nitrogens is 1. The number of aromatic nitrogens is 2. The van der Waals surface area contributed by atoms with Gasteiger partial charge in [0.1, 0.15) is 17.4 Å². The third-order valence-corrected chi connectivity index (χ3v) is 4.99. The van der Waals surface area contributed by atoms with Crippen molar-refractivity contribution in [1.29, 1.82) is 5.26 Å². The molecule has 0 radical (unpaired) electrons. The molecule has 1 aliphatic rings. The molecule has 1 aliphatic heterocycles. The van der Waals surface area contributed by atoms with Crippen LogP contribution in [0.3, 0.4) is 0 Å². The van der Waals surface area contributed by atoms with Crippen LogP contribution in [-0.2, 0) is 0 Å². The third kappa shape index (κ3) is 3.43. The van der Waals surface area contributed by atoms with Crippen molar-refractivity contribution < 1.29 is 9.47 Å². The van der Waals surface area contributed by atoms with Gasteiger partial charge < -0.3 is 15.2 Å². The molecule has 146 valence electrons. The summed E-state index contributed by atoms with van der Waals surface area (Å²) in [6.07, 6.45) is 2.00. The van der Waals surface area contributed by atoms with Gasteiger partial charge in [0.15, 0.2) is 0 Å². The lowest BCUT2D eigenvalue weighted by Gasteiger charge is -2.25. The van der Waals surface area contributed by atoms with Gasteiger partial charge in [-0.3, -0.25) is 5.10 Å². The lowest BCUT2D eigenvalue weighted by Crippen LogP contribution is -2.21. The van der Waals surface area contributed by atoms with Gasteiger partial charge in [0.2, 0.25) is 11.8 Å². The van der Waals surface area contributed by atoms with Crippen LogP contribution < -0.4 is 15.2 Å². The van der Waals surface area contributed by atoms with Gasteiger partial charge in [-0.05, 0) is 18.1 Å². The standard InChI is InChI=1S/C23H22N4O2/c1-2-3-13-28-18-12-8-7-11-16(18)19-17(14-24)22(25)29-23-20(19)21(26-27-23)15-9-5-4-6-10-15/h4-12,19H,2-3,13,25H2,1H3,(H,26,27)/t19-/m1/s1. The average molecular weight is 386 g/mol. The van der Waals surface area contributed by atoms with Crippen LogP contribution in [0.25, 0.3) is 11.3 Å². The summed E-state index contributed by atoms with van der Waals surface area (Å²) < 4.78 is 11.7. The van der Waals surface area contributed by atoms with Crippen molar-refractivity contribution in [2.75, 3.05) is 6.61 Å². The van der Waals surface area contributed by atoms with Crippen molar-refractivity contribution in [2.24, 2.45) is 5.73 Å². The summed E-state index contributed by atoms with van der Waals surface area (Å²) in [4.78, 5) is 0. The predicted octanol–water partition coefficient (Wildman–Crippen LogP) is 4.47. The summed E-state index contributed by atoms with van der Waals surface area (Å²) in [6.45, 7) is 2.73. The molecular weight excluding hydrogens is 364 g/mol. The Morgan fingerprint density at radius 2 is 1.93 bits per heavy atom. The van der Waals surface area contributed by atoms with Gasteiger partial charge in [0.25, 0.3) is 0 Å². The normalized spacial score (nSPS) is 15.4. The number of benzene rings is 2. The summed E-state index contributed by atoms with van der Waals surface area (Å²) in [7, 11) is 0. The number of para-hydroxylation sites is 1. The molecule has 0 bridgehead atoms. The molecule has 1 atom stereocenters. The Kier molecular flexibility index (Phi) is 5.21. The quantitative estimate of drug-likeness (QED) is 0.609. The summed E-state index contributed by atoms with van der Waals surface area (Å²) in [5, 5.41) is 17.3. The van der Waals surface area contributed by atoms with Crippen molar-refractivity contribution in [3.05, 3.63) is 77.2 Å². The first-order chi connectivity index (χ1) is 14.2. The number of hydrogen-bond donors (Lipinski definition) is 2. The van der Waals surface area contributed by atoms with E-state index in [0.29, 0.717) is 18.1 Å². The van der Waals surface area contributed by atoms with E-state index >= 15 is 0 Å². The van der Waals surface area contributed by atoms with E-state index in [4.69, 9.17) is 15.2 Å². The predicted molar refractivity (Wildman–Crippen MR) is 110 cm³/mol. The fraction of sp³-hybridized carbons (Fsp3) is 0.217. The van der Waals surface area contributed by atoms with E-state index in [9.17, 15) is 5.26 Å². The smallest absolute Gasteiger partial charge is 0.244 e. The molecule has 0 amide bonds. The van der Waals surface area contributed by atoms with Crippen molar-refractivity contribution >= 4 is 0 Å². The molecule has 4 rings (SSSR count). The van der Waals surface area contributed by atoms with Gasteiger partial charge >= 0.3 is 0 Å². The van der Waals surface area contributed by atoms with Crippen LogP contribution in [-0.4, -0.2) is 16.8 Å². The van der Waals surface area contributed by atoms with Crippen LogP contribution in [0.4, 0.5) is 0 Å². The van der Waals surface area contributed by atoms with Crippen molar-refractivity contribution in [2.45, 2.75) is 25.7 Å². The van der Waals surface area contributed by atoms with Crippen LogP contribution in [0.5, 0.6) is 11.6 Å². The second kappa shape index (κ2) is 8.11. The molecule has 0 fully saturated rings. The molecule has 1 aromatic heterocycles. The van der Waals surface area contributed by atoms with Crippen LogP contribution in [0, 0.1) is 11.3 Å². The molecule has 0 aliphatic carbocycles. The van der Waals surface area contributed by atoms with Crippen molar-refractivity contribution in [3.63, 3.8) is 0 Å². The number of hydrogen-bond acceptors (Lipinski definition) is 5. The molecule has 0 saturated carbocycles. The van der Waals surface area contributed by atoms with E-state index in [-0.39, 0.29) is 5.88 Å².